The first-order chi connectivity index (χ1) is 8.15. The molecule has 0 spiro atoms. The maximum absolute atomic E-state index is 10.8. The normalized spacial score (nSPS) is 21.4. The van der Waals surface area contributed by atoms with Crippen LogP contribution in [0.25, 0.3) is 0 Å². The molecular formula is C13H17NO3. The predicted octanol–water partition coefficient (Wildman–Crippen LogP) is 1.28. The fourth-order valence-corrected chi connectivity index (χ4v) is 1.95. The third-order valence-corrected chi connectivity index (χ3v) is 2.95. The van der Waals surface area contributed by atoms with Crippen molar-refractivity contribution in [3.05, 3.63) is 35.4 Å². The number of carboxylic acids is 1. The van der Waals surface area contributed by atoms with E-state index < -0.39 is 12.1 Å². The van der Waals surface area contributed by atoms with Gasteiger partial charge in [-0.3, -0.25) is 4.90 Å². The van der Waals surface area contributed by atoms with Gasteiger partial charge in [0.25, 0.3) is 0 Å². The SMILES string of the molecule is Cc1ccc(CN2CCOC(C(=O)O)C2)cc1. The Hall–Kier alpha value is -1.39. The van der Waals surface area contributed by atoms with Gasteiger partial charge in [-0.25, -0.2) is 4.79 Å². The van der Waals surface area contributed by atoms with Crippen LogP contribution >= 0.6 is 0 Å². The molecule has 0 bridgehead atoms. The van der Waals surface area contributed by atoms with Gasteiger partial charge >= 0.3 is 5.97 Å². The lowest BCUT2D eigenvalue weighted by Gasteiger charge is -2.30. The first kappa shape index (κ1) is 12.1. The summed E-state index contributed by atoms with van der Waals surface area (Å²) >= 11 is 0. The van der Waals surface area contributed by atoms with Crippen LogP contribution in [0.4, 0.5) is 0 Å². The third kappa shape index (κ3) is 3.28. The van der Waals surface area contributed by atoms with E-state index in [1.54, 1.807) is 0 Å². The van der Waals surface area contributed by atoms with Crippen LogP contribution < -0.4 is 0 Å². The van der Waals surface area contributed by atoms with Crippen LogP contribution in [0, 0.1) is 6.92 Å². The van der Waals surface area contributed by atoms with Crippen LogP contribution in [0.3, 0.4) is 0 Å². The first-order valence-corrected chi connectivity index (χ1v) is 5.77. The topological polar surface area (TPSA) is 49.8 Å². The second kappa shape index (κ2) is 5.29. The van der Waals surface area contributed by atoms with E-state index in [1.807, 2.05) is 0 Å². The summed E-state index contributed by atoms with van der Waals surface area (Å²) in [4.78, 5) is 13.0. The highest BCUT2D eigenvalue weighted by Gasteiger charge is 2.25. The Labute approximate surface area is 101 Å². The van der Waals surface area contributed by atoms with Crippen LogP contribution in [-0.2, 0) is 16.1 Å². The molecule has 1 unspecified atom stereocenters. The molecule has 0 aliphatic carbocycles. The summed E-state index contributed by atoms with van der Waals surface area (Å²) in [6, 6.07) is 8.32. The summed E-state index contributed by atoms with van der Waals surface area (Å²) in [6.07, 6.45) is -0.686. The summed E-state index contributed by atoms with van der Waals surface area (Å²) in [5.41, 5.74) is 2.45. The number of aryl methyl sites for hydroxylation is 1. The van der Waals surface area contributed by atoms with Crippen LogP contribution in [0.15, 0.2) is 24.3 Å². The van der Waals surface area contributed by atoms with Gasteiger partial charge in [0, 0.05) is 19.6 Å². The molecule has 1 fully saturated rings. The maximum Gasteiger partial charge on any atom is 0.334 e. The fourth-order valence-electron chi connectivity index (χ4n) is 1.95. The average Bonchev–Trinajstić information content (AvgIpc) is 2.32. The van der Waals surface area contributed by atoms with Gasteiger partial charge in [0.2, 0.25) is 0 Å². The highest BCUT2D eigenvalue weighted by molar-refractivity contribution is 5.72. The van der Waals surface area contributed by atoms with Crippen molar-refractivity contribution in [3.63, 3.8) is 0 Å². The number of aliphatic carboxylic acids is 1. The summed E-state index contributed by atoms with van der Waals surface area (Å²) in [5, 5.41) is 8.91. The van der Waals surface area contributed by atoms with Gasteiger partial charge in [0.15, 0.2) is 6.10 Å². The van der Waals surface area contributed by atoms with E-state index in [-0.39, 0.29) is 0 Å². The lowest BCUT2D eigenvalue weighted by atomic mass is 10.1. The van der Waals surface area contributed by atoms with Crippen LogP contribution in [0.2, 0.25) is 0 Å². The van der Waals surface area contributed by atoms with E-state index in [0.29, 0.717) is 13.2 Å². The zero-order valence-electron chi connectivity index (χ0n) is 9.93. The number of hydrogen-bond donors (Lipinski definition) is 1. The quantitative estimate of drug-likeness (QED) is 0.857. The molecule has 2 rings (SSSR count). The molecule has 1 atom stereocenters. The molecule has 1 aliphatic heterocycles. The van der Waals surface area contributed by atoms with Crippen molar-refractivity contribution in [1.29, 1.82) is 0 Å². The molecule has 1 N–H and O–H groups in total. The molecule has 1 aromatic rings. The predicted molar refractivity (Wildman–Crippen MR) is 63.8 cm³/mol. The maximum atomic E-state index is 10.8. The molecule has 0 amide bonds. The standard InChI is InChI=1S/C13H17NO3/c1-10-2-4-11(5-3-10)8-14-6-7-17-12(9-14)13(15)16/h2-5,12H,6-9H2,1H3,(H,15,16). The molecule has 1 aliphatic rings. The molecule has 1 saturated heterocycles. The van der Waals surface area contributed by atoms with Crippen LogP contribution in [-0.4, -0.2) is 41.8 Å². The van der Waals surface area contributed by atoms with E-state index in [1.165, 1.54) is 11.1 Å². The highest BCUT2D eigenvalue weighted by atomic mass is 16.5. The van der Waals surface area contributed by atoms with Crippen molar-refractivity contribution in [2.45, 2.75) is 19.6 Å². The summed E-state index contributed by atoms with van der Waals surface area (Å²) < 4.78 is 5.19. The van der Waals surface area contributed by atoms with Gasteiger partial charge in [0.1, 0.15) is 0 Å². The Morgan fingerprint density at radius 1 is 1.47 bits per heavy atom. The Kier molecular flexibility index (Phi) is 3.76. The van der Waals surface area contributed by atoms with Gasteiger partial charge in [-0.2, -0.15) is 0 Å². The van der Waals surface area contributed by atoms with Gasteiger partial charge in [-0.05, 0) is 12.5 Å². The number of hydrogen-bond acceptors (Lipinski definition) is 3. The summed E-state index contributed by atoms with van der Waals surface area (Å²) in [7, 11) is 0. The number of nitrogens with zero attached hydrogens (tertiary/aromatic N) is 1. The summed E-state index contributed by atoms with van der Waals surface area (Å²) in [5.74, 6) is -0.876. The first-order valence-electron chi connectivity index (χ1n) is 5.77. The Morgan fingerprint density at radius 2 is 2.18 bits per heavy atom. The zero-order chi connectivity index (χ0) is 12.3. The van der Waals surface area contributed by atoms with Gasteiger partial charge in [-0.15, -0.1) is 0 Å². The molecular weight excluding hydrogens is 218 g/mol. The molecule has 1 heterocycles. The number of carbonyl (C=O) groups is 1. The van der Waals surface area contributed by atoms with Crippen molar-refractivity contribution in [3.8, 4) is 0 Å². The number of benzene rings is 1. The van der Waals surface area contributed by atoms with Crippen molar-refractivity contribution < 1.29 is 14.6 Å². The molecule has 4 nitrogen and oxygen atoms in total. The van der Waals surface area contributed by atoms with Crippen LogP contribution in [0.1, 0.15) is 11.1 Å². The van der Waals surface area contributed by atoms with Crippen molar-refractivity contribution >= 4 is 5.97 Å². The number of morpholine rings is 1. The van der Waals surface area contributed by atoms with Crippen LogP contribution in [0.5, 0.6) is 0 Å². The smallest absolute Gasteiger partial charge is 0.334 e. The van der Waals surface area contributed by atoms with E-state index in [4.69, 9.17) is 9.84 Å². The van der Waals surface area contributed by atoms with Gasteiger partial charge in [-0.1, -0.05) is 29.8 Å². The molecule has 4 heteroatoms. The van der Waals surface area contributed by atoms with Gasteiger partial charge in [0.05, 0.1) is 6.61 Å². The van der Waals surface area contributed by atoms with E-state index in [2.05, 4.69) is 36.1 Å². The number of carboxylic acid groups (broad SMARTS) is 1. The zero-order valence-corrected chi connectivity index (χ0v) is 9.93. The third-order valence-electron chi connectivity index (χ3n) is 2.95. The monoisotopic (exact) mass is 235 g/mol. The van der Waals surface area contributed by atoms with E-state index >= 15 is 0 Å². The lowest BCUT2D eigenvalue weighted by molar-refractivity contribution is -0.156. The minimum atomic E-state index is -0.876. The van der Waals surface area contributed by atoms with E-state index in [0.717, 1.165) is 13.1 Å². The second-order valence-corrected chi connectivity index (χ2v) is 4.42. The minimum Gasteiger partial charge on any atom is -0.479 e. The molecule has 0 saturated carbocycles. The number of rotatable bonds is 3. The van der Waals surface area contributed by atoms with Crippen molar-refractivity contribution in [1.82, 2.24) is 4.90 Å². The summed E-state index contributed by atoms with van der Waals surface area (Å²) in [6.45, 7) is 4.58. The fraction of sp³-hybridized carbons (Fsp3) is 0.462. The second-order valence-electron chi connectivity index (χ2n) is 4.42. The van der Waals surface area contributed by atoms with Crippen molar-refractivity contribution in [2.75, 3.05) is 19.7 Å². The average molecular weight is 235 g/mol. The lowest BCUT2D eigenvalue weighted by Crippen LogP contribution is -2.45. The van der Waals surface area contributed by atoms with E-state index in [9.17, 15) is 4.79 Å². The van der Waals surface area contributed by atoms with Gasteiger partial charge < -0.3 is 9.84 Å². The minimum absolute atomic E-state index is 0.462. The Bertz CT molecular complexity index is 388. The molecule has 17 heavy (non-hydrogen) atoms. The number of ether oxygens (including phenoxy) is 1. The molecule has 92 valence electrons. The Balaban J connectivity index is 1.94. The largest absolute Gasteiger partial charge is 0.479 e. The Morgan fingerprint density at radius 3 is 2.82 bits per heavy atom. The van der Waals surface area contributed by atoms with Crippen molar-refractivity contribution in [2.24, 2.45) is 0 Å². The highest BCUT2D eigenvalue weighted by Crippen LogP contribution is 2.11. The molecule has 0 radical (unpaired) electrons. The molecule has 0 aromatic heterocycles. The molecule has 1 aromatic carbocycles.